The molecule has 0 spiro atoms. The lowest BCUT2D eigenvalue weighted by Gasteiger charge is -2.24. The molecule has 1 aliphatic rings. The molecule has 2 aromatic rings. The van der Waals surface area contributed by atoms with Crippen LogP contribution in [-0.4, -0.2) is 17.0 Å². The normalized spacial score (nSPS) is 19.2. The lowest BCUT2D eigenvalue weighted by molar-refractivity contribution is 0.0919. The summed E-state index contributed by atoms with van der Waals surface area (Å²) >= 11 is 6.03. The smallest absolute Gasteiger partial charge is 0.268 e. The Morgan fingerprint density at radius 1 is 1.53 bits per heavy atom. The Morgan fingerprint density at radius 3 is 3.06 bits per heavy atom. The second-order valence-corrected chi connectivity index (χ2v) is 4.66. The molecule has 88 valence electrons. The number of carbonyl (C=O) groups is 1. The van der Waals surface area contributed by atoms with E-state index in [9.17, 15) is 9.18 Å². The summed E-state index contributed by atoms with van der Waals surface area (Å²) in [6.45, 7) is 2.43. The molecule has 17 heavy (non-hydrogen) atoms. The zero-order valence-corrected chi connectivity index (χ0v) is 9.88. The van der Waals surface area contributed by atoms with Crippen LogP contribution >= 0.6 is 11.6 Å². The van der Waals surface area contributed by atoms with Crippen molar-refractivity contribution in [1.29, 1.82) is 0 Å². The first-order chi connectivity index (χ1) is 8.09. The molecule has 0 aliphatic carbocycles. The van der Waals surface area contributed by atoms with Gasteiger partial charge in [0.15, 0.2) is 0 Å². The van der Waals surface area contributed by atoms with E-state index in [-0.39, 0.29) is 17.8 Å². The summed E-state index contributed by atoms with van der Waals surface area (Å²) in [6, 6.07) is 4.50. The number of hydrogen-bond acceptors (Lipinski definition) is 1. The maximum Gasteiger partial charge on any atom is 0.268 e. The summed E-state index contributed by atoms with van der Waals surface area (Å²) in [6.07, 6.45) is 0. The van der Waals surface area contributed by atoms with Crippen molar-refractivity contribution in [3.8, 4) is 0 Å². The molecule has 0 saturated heterocycles. The fourth-order valence-corrected chi connectivity index (χ4v) is 2.53. The van der Waals surface area contributed by atoms with Gasteiger partial charge in [-0.05, 0) is 25.1 Å². The van der Waals surface area contributed by atoms with Crippen LogP contribution in [-0.2, 0) is 0 Å². The molecule has 1 N–H and O–H groups in total. The first kappa shape index (κ1) is 10.6. The standard InChI is InChI=1S/C12H10ClFN2O/c1-6-5-15-12(17)10-4-7-8(13)2-3-9(14)11(7)16(6)10/h2-4,6H,5H2,1H3,(H,15,17). The minimum Gasteiger partial charge on any atom is -0.349 e. The minimum absolute atomic E-state index is 0.0215. The summed E-state index contributed by atoms with van der Waals surface area (Å²) in [4.78, 5) is 11.7. The van der Waals surface area contributed by atoms with Gasteiger partial charge in [0.1, 0.15) is 11.5 Å². The third-order valence-corrected chi connectivity index (χ3v) is 3.46. The molecule has 3 rings (SSSR count). The summed E-state index contributed by atoms with van der Waals surface area (Å²) in [5, 5.41) is 3.81. The van der Waals surface area contributed by atoms with Crippen molar-refractivity contribution in [1.82, 2.24) is 9.88 Å². The van der Waals surface area contributed by atoms with Gasteiger partial charge in [-0.15, -0.1) is 0 Å². The van der Waals surface area contributed by atoms with Crippen molar-refractivity contribution < 1.29 is 9.18 Å². The lowest BCUT2D eigenvalue weighted by Crippen LogP contribution is -2.37. The van der Waals surface area contributed by atoms with Crippen molar-refractivity contribution in [3.63, 3.8) is 0 Å². The molecular formula is C12H10ClFN2O. The van der Waals surface area contributed by atoms with Gasteiger partial charge in [0, 0.05) is 18.0 Å². The Bertz CT molecular complexity index is 635. The molecule has 5 heteroatoms. The van der Waals surface area contributed by atoms with E-state index in [1.54, 1.807) is 10.6 Å². The molecule has 3 nitrogen and oxygen atoms in total. The van der Waals surface area contributed by atoms with Crippen LogP contribution in [0.15, 0.2) is 18.2 Å². The van der Waals surface area contributed by atoms with Crippen LogP contribution in [0.3, 0.4) is 0 Å². The summed E-state index contributed by atoms with van der Waals surface area (Å²) in [7, 11) is 0. The van der Waals surface area contributed by atoms with Gasteiger partial charge in [0.2, 0.25) is 0 Å². The largest absolute Gasteiger partial charge is 0.349 e. The van der Waals surface area contributed by atoms with Crippen LogP contribution < -0.4 is 5.32 Å². The Kier molecular flexibility index (Phi) is 2.16. The molecule has 0 saturated carbocycles. The van der Waals surface area contributed by atoms with Crippen molar-refractivity contribution in [2.45, 2.75) is 13.0 Å². The molecule has 1 amide bonds. The van der Waals surface area contributed by atoms with E-state index in [1.807, 2.05) is 6.92 Å². The Balaban J connectivity index is 2.46. The van der Waals surface area contributed by atoms with Gasteiger partial charge in [0.25, 0.3) is 5.91 Å². The van der Waals surface area contributed by atoms with Crippen molar-refractivity contribution in [3.05, 3.63) is 34.7 Å². The zero-order valence-electron chi connectivity index (χ0n) is 9.13. The molecule has 1 aromatic carbocycles. The molecule has 1 aliphatic heterocycles. The van der Waals surface area contributed by atoms with E-state index in [2.05, 4.69) is 5.32 Å². The van der Waals surface area contributed by atoms with E-state index in [4.69, 9.17) is 11.6 Å². The Morgan fingerprint density at radius 2 is 2.29 bits per heavy atom. The van der Waals surface area contributed by atoms with E-state index in [1.165, 1.54) is 12.1 Å². The lowest BCUT2D eigenvalue weighted by atomic mass is 10.2. The van der Waals surface area contributed by atoms with E-state index in [0.717, 1.165) is 0 Å². The highest BCUT2D eigenvalue weighted by Crippen LogP contribution is 2.32. The number of rotatable bonds is 0. The summed E-state index contributed by atoms with van der Waals surface area (Å²) in [5.74, 6) is -0.535. The van der Waals surface area contributed by atoms with E-state index < -0.39 is 0 Å². The molecule has 2 heterocycles. The molecule has 0 radical (unpaired) electrons. The van der Waals surface area contributed by atoms with Gasteiger partial charge in [-0.25, -0.2) is 4.39 Å². The number of halogens is 2. The van der Waals surface area contributed by atoms with Crippen LogP contribution in [0.5, 0.6) is 0 Å². The Labute approximate surface area is 102 Å². The number of fused-ring (bicyclic) bond motifs is 3. The number of nitrogens with one attached hydrogen (secondary N) is 1. The average Bonchev–Trinajstić information content (AvgIpc) is 2.71. The van der Waals surface area contributed by atoms with Crippen molar-refractivity contribution in [2.75, 3.05) is 6.54 Å². The topological polar surface area (TPSA) is 34.0 Å². The monoisotopic (exact) mass is 252 g/mol. The molecule has 1 atom stereocenters. The van der Waals surface area contributed by atoms with Crippen LogP contribution in [0, 0.1) is 5.82 Å². The average molecular weight is 253 g/mol. The van der Waals surface area contributed by atoms with E-state index >= 15 is 0 Å². The van der Waals surface area contributed by atoms with Crippen LogP contribution in [0.4, 0.5) is 4.39 Å². The van der Waals surface area contributed by atoms with Gasteiger partial charge in [-0.2, -0.15) is 0 Å². The summed E-state index contributed by atoms with van der Waals surface area (Å²) in [5.41, 5.74) is 0.876. The number of hydrogen-bond donors (Lipinski definition) is 1. The number of carbonyl (C=O) groups excluding carboxylic acids is 1. The number of aromatic nitrogens is 1. The molecule has 0 bridgehead atoms. The highest BCUT2D eigenvalue weighted by atomic mass is 35.5. The second-order valence-electron chi connectivity index (χ2n) is 4.25. The van der Waals surface area contributed by atoms with Crippen LogP contribution in [0.25, 0.3) is 10.9 Å². The van der Waals surface area contributed by atoms with Gasteiger partial charge < -0.3 is 9.88 Å². The maximum absolute atomic E-state index is 13.9. The number of benzene rings is 1. The molecule has 0 fully saturated rings. The van der Waals surface area contributed by atoms with E-state index in [0.29, 0.717) is 28.2 Å². The molecule has 1 unspecified atom stereocenters. The quantitative estimate of drug-likeness (QED) is 0.769. The fourth-order valence-electron chi connectivity index (χ4n) is 2.32. The highest BCUT2D eigenvalue weighted by molar-refractivity contribution is 6.35. The van der Waals surface area contributed by atoms with Crippen LogP contribution in [0.1, 0.15) is 23.5 Å². The third kappa shape index (κ3) is 1.37. The minimum atomic E-state index is -0.350. The van der Waals surface area contributed by atoms with Gasteiger partial charge in [0.05, 0.1) is 10.5 Å². The maximum atomic E-state index is 13.9. The van der Waals surface area contributed by atoms with Crippen LogP contribution in [0.2, 0.25) is 5.02 Å². The number of amides is 1. The van der Waals surface area contributed by atoms with Crippen molar-refractivity contribution >= 4 is 28.4 Å². The molecular weight excluding hydrogens is 243 g/mol. The van der Waals surface area contributed by atoms with Gasteiger partial charge in [-0.3, -0.25) is 4.79 Å². The predicted octanol–water partition coefficient (Wildman–Crippen LogP) is 2.74. The fraction of sp³-hybridized carbons (Fsp3) is 0.250. The highest BCUT2D eigenvalue weighted by Gasteiger charge is 2.26. The first-order valence-electron chi connectivity index (χ1n) is 5.36. The zero-order chi connectivity index (χ0) is 12.2. The SMILES string of the molecule is CC1CNC(=O)c2cc3c(Cl)ccc(F)c3n21. The van der Waals surface area contributed by atoms with Gasteiger partial charge in [-0.1, -0.05) is 11.6 Å². The Hall–Kier alpha value is -1.55. The predicted molar refractivity (Wildman–Crippen MR) is 64.0 cm³/mol. The van der Waals surface area contributed by atoms with Gasteiger partial charge >= 0.3 is 0 Å². The van der Waals surface area contributed by atoms with Crippen molar-refractivity contribution in [2.24, 2.45) is 0 Å². The molecule has 1 aromatic heterocycles. The first-order valence-corrected chi connectivity index (χ1v) is 5.74. The second kappa shape index (κ2) is 3.47. The third-order valence-electron chi connectivity index (χ3n) is 3.13. The summed E-state index contributed by atoms with van der Waals surface area (Å²) < 4.78 is 15.6. The number of nitrogens with zero attached hydrogens (tertiary/aromatic N) is 1.